The Hall–Kier alpha value is -2.57. The molecule has 1 aliphatic rings. The fourth-order valence-corrected chi connectivity index (χ4v) is 3.32. The molecule has 1 aliphatic heterocycles. The Kier molecular flexibility index (Phi) is 5.15. The number of rotatable bonds is 5. The number of aromatic nitrogens is 3. The zero-order valence-electron chi connectivity index (χ0n) is 15.9. The number of ether oxygens (including phenoxy) is 2. The molecule has 7 heteroatoms. The van der Waals surface area contributed by atoms with Gasteiger partial charge in [-0.05, 0) is 24.1 Å². The molecule has 2 unspecified atom stereocenters. The Morgan fingerprint density at radius 3 is 2.65 bits per heavy atom. The lowest BCUT2D eigenvalue weighted by Gasteiger charge is -2.27. The van der Waals surface area contributed by atoms with Crippen molar-refractivity contribution in [3.8, 4) is 11.5 Å². The number of fused-ring (bicyclic) bond motifs is 1. The SMILES string of the molecule is COc1ccc(C2CC(C)c3nc(NC(=O)C(C)C)nn3C2)cc1OC. The number of benzene rings is 1. The molecule has 140 valence electrons. The third-order valence-corrected chi connectivity index (χ3v) is 4.81. The molecule has 1 amide bonds. The van der Waals surface area contributed by atoms with Gasteiger partial charge in [0.1, 0.15) is 5.82 Å². The van der Waals surface area contributed by atoms with E-state index in [4.69, 9.17) is 9.47 Å². The lowest BCUT2D eigenvalue weighted by Crippen LogP contribution is -2.22. The maximum atomic E-state index is 11.9. The number of nitrogens with one attached hydrogen (secondary N) is 1. The lowest BCUT2D eigenvalue weighted by atomic mass is 9.86. The molecule has 1 N–H and O–H groups in total. The lowest BCUT2D eigenvalue weighted by molar-refractivity contribution is -0.118. The van der Waals surface area contributed by atoms with Crippen molar-refractivity contribution in [2.45, 2.75) is 45.6 Å². The van der Waals surface area contributed by atoms with Crippen LogP contribution < -0.4 is 14.8 Å². The summed E-state index contributed by atoms with van der Waals surface area (Å²) in [5, 5.41) is 7.28. The van der Waals surface area contributed by atoms with Crippen molar-refractivity contribution in [1.82, 2.24) is 14.8 Å². The van der Waals surface area contributed by atoms with Crippen molar-refractivity contribution in [3.63, 3.8) is 0 Å². The second-order valence-electron chi connectivity index (χ2n) is 7.07. The van der Waals surface area contributed by atoms with Crippen LogP contribution in [0, 0.1) is 5.92 Å². The predicted octanol–water partition coefficient (Wildman–Crippen LogP) is 3.18. The quantitative estimate of drug-likeness (QED) is 0.888. The molecule has 3 rings (SSSR count). The van der Waals surface area contributed by atoms with E-state index in [2.05, 4.69) is 28.4 Å². The van der Waals surface area contributed by atoms with Crippen LogP contribution in [-0.2, 0) is 11.3 Å². The highest BCUT2D eigenvalue weighted by Crippen LogP contribution is 2.38. The highest BCUT2D eigenvalue weighted by molar-refractivity contribution is 5.90. The number of methoxy groups -OCH3 is 2. The molecule has 0 radical (unpaired) electrons. The number of carbonyl (C=O) groups excluding carboxylic acids is 1. The van der Waals surface area contributed by atoms with Crippen molar-refractivity contribution in [2.75, 3.05) is 19.5 Å². The molecule has 0 aliphatic carbocycles. The number of hydrogen-bond acceptors (Lipinski definition) is 5. The Labute approximate surface area is 153 Å². The van der Waals surface area contributed by atoms with Crippen LogP contribution in [-0.4, -0.2) is 34.9 Å². The Balaban J connectivity index is 1.83. The largest absolute Gasteiger partial charge is 0.493 e. The highest BCUT2D eigenvalue weighted by Gasteiger charge is 2.29. The van der Waals surface area contributed by atoms with Crippen LogP contribution >= 0.6 is 0 Å². The molecule has 0 fully saturated rings. The van der Waals surface area contributed by atoms with E-state index in [1.54, 1.807) is 14.2 Å². The van der Waals surface area contributed by atoms with Crippen LogP contribution in [0.15, 0.2) is 18.2 Å². The Morgan fingerprint density at radius 2 is 2.00 bits per heavy atom. The number of carbonyl (C=O) groups is 1. The van der Waals surface area contributed by atoms with Crippen molar-refractivity contribution in [3.05, 3.63) is 29.6 Å². The van der Waals surface area contributed by atoms with Crippen molar-refractivity contribution < 1.29 is 14.3 Å². The van der Waals surface area contributed by atoms with E-state index < -0.39 is 0 Å². The Morgan fingerprint density at radius 1 is 1.27 bits per heavy atom. The third-order valence-electron chi connectivity index (χ3n) is 4.81. The second kappa shape index (κ2) is 7.35. The molecule has 0 spiro atoms. The van der Waals surface area contributed by atoms with Gasteiger partial charge < -0.3 is 9.47 Å². The fourth-order valence-electron chi connectivity index (χ4n) is 3.32. The highest BCUT2D eigenvalue weighted by atomic mass is 16.5. The number of nitrogens with zero attached hydrogens (tertiary/aromatic N) is 3. The van der Waals surface area contributed by atoms with Crippen LogP contribution in [0.3, 0.4) is 0 Å². The molecular formula is C19H26N4O3. The van der Waals surface area contributed by atoms with E-state index in [0.717, 1.165) is 30.3 Å². The van der Waals surface area contributed by atoms with Gasteiger partial charge in [-0.25, -0.2) is 4.68 Å². The minimum atomic E-state index is -0.104. The summed E-state index contributed by atoms with van der Waals surface area (Å²) >= 11 is 0. The van der Waals surface area contributed by atoms with Gasteiger partial charge in [0.15, 0.2) is 11.5 Å². The number of amides is 1. The summed E-state index contributed by atoms with van der Waals surface area (Å²) in [5.41, 5.74) is 1.18. The van der Waals surface area contributed by atoms with E-state index in [9.17, 15) is 4.79 Å². The van der Waals surface area contributed by atoms with Crippen LogP contribution in [0.1, 0.15) is 50.4 Å². The maximum absolute atomic E-state index is 11.9. The van der Waals surface area contributed by atoms with Gasteiger partial charge in [0.2, 0.25) is 11.9 Å². The smallest absolute Gasteiger partial charge is 0.248 e. The summed E-state index contributed by atoms with van der Waals surface area (Å²) in [7, 11) is 3.28. The zero-order valence-corrected chi connectivity index (χ0v) is 15.9. The molecule has 26 heavy (non-hydrogen) atoms. The maximum Gasteiger partial charge on any atom is 0.248 e. The monoisotopic (exact) mass is 358 g/mol. The minimum Gasteiger partial charge on any atom is -0.493 e. The van der Waals surface area contributed by atoms with E-state index in [-0.39, 0.29) is 17.7 Å². The van der Waals surface area contributed by atoms with Crippen LogP contribution in [0.25, 0.3) is 0 Å². The summed E-state index contributed by atoms with van der Waals surface area (Å²) < 4.78 is 12.7. The standard InChI is InChI=1S/C19H26N4O3/c1-11(2)18(24)21-19-20-17-12(3)8-14(10-23(17)22-19)13-6-7-15(25-4)16(9-13)26-5/h6-7,9,11-12,14H,8,10H2,1-5H3,(H,21,22,24). The van der Waals surface area contributed by atoms with Crippen molar-refractivity contribution in [2.24, 2.45) is 5.92 Å². The van der Waals surface area contributed by atoms with Crippen LogP contribution in [0.5, 0.6) is 11.5 Å². The number of hydrogen-bond donors (Lipinski definition) is 1. The second-order valence-corrected chi connectivity index (χ2v) is 7.07. The molecule has 2 heterocycles. The first-order chi connectivity index (χ1) is 12.4. The molecule has 1 aromatic heterocycles. The van der Waals surface area contributed by atoms with Crippen molar-refractivity contribution in [1.29, 1.82) is 0 Å². The van der Waals surface area contributed by atoms with Gasteiger partial charge in [0.05, 0.1) is 14.2 Å². The first kappa shape index (κ1) is 18.2. The summed E-state index contributed by atoms with van der Waals surface area (Å²) in [5.74, 6) is 3.13. The Bertz CT molecular complexity index is 800. The molecule has 0 saturated heterocycles. The normalized spacial score (nSPS) is 19.2. The van der Waals surface area contributed by atoms with Crippen LogP contribution in [0.2, 0.25) is 0 Å². The first-order valence-corrected chi connectivity index (χ1v) is 8.90. The van der Waals surface area contributed by atoms with E-state index in [1.165, 1.54) is 5.56 Å². The van der Waals surface area contributed by atoms with E-state index >= 15 is 0 Å². The van der Waals surface area contributed by atoms with Gasteiger partial charge in [-0.15, -0.1) is 5.10 Å². The molecule has 7 nitrogen and oxygen atoms in total. The van der Waals surface area contributed by atoms with Gasteiger partial charge in [-0.1, -0.05) is 26.8 Å². The molecule has 1 aromatic carbocycles. The number of anilines is 1. The third kappa shape index (κ3) is 3.52. The molecular weight excluding hydrogens is 332 g/mol. The van der Waals surface area contributed by atoms with Gasteiger partial charge in [0, 0.05) is 24.3 Å². The average molecular weight is 358 g/mol. The predicted molar refractivity (Wildman–Crippen MR) is 98.8 cm³/mol. The summed E-state index contributed by atoms with van der Waals surface area (Å²) in [6.45, 7) is 6.56. The van der Waals surface area contributed by atoms with Gasteiger partial charge >= 0.3 is 0 Å². The summed E-state index contributed by atoms with van der Waals surface area (Å²) in [6.07, 6.45) is 0.964. The molecule has 2 aromatic rings. The van der Waals surface area contributed by atoms with E-state index in [0.29, 0.717) is 11.9 Å². The molecule has 2 atom stereocenters. The van der Waals surface area contributed by atoms with Gasteiger partial charge in [-0.3, -0.25) is 10.1 Å². The van der Waals surface area contributed by atoms with Gasteiger partial charge in [-0.2, -0.15) is 4.98 Å². The average Bonchev–Trinajstić information content (AvgIpc) is 3.03. The fraction of sp³-hybridized carbons (Fsp3) is 0.526. The van der Waals surface area contributed by atoms with E-state index in [1.807, 2.05) is 30.7 Å². The molecule has 0 bridgehead atoms. The molecule has 0 saturated carbocycles. The summed E-state index contributed by atoms with van der Waals surface area (Å²) in [4.78, 5) is 16.4. The topological polar surface area (TPSA) is 78.3 Å². The van der Waals surface area contributed by atoms with Crippen LogP contribution in [0.4, 0.5) is 5.95 Å². The zero-order chi connectivity index (χ0) is 18.8. The minimum absolute atomic E-state index is 0.0722. The van der Waals surface area contributed by atoms with Crippen molar-refractivity contribution >= 4 is 11.9 Å². The first-order valence-electron chi connectivity index (χ1n) is 8.90. The summed E-state index contributed by atoms with van der Waals surface area (Å²) in [6, 6.07) is 6.03. The van der Waals surface area contributed by atoms with Gasteiger partial charge in [0.25, 0.3) is 0 Å².